The van der Waals surface area contributed by atoms with Gasteiger partial charge in [0.1, 0.15) is 0 Å². The molecular weight excluding hydrogens is 359 g/mol. The smallest absolute Gasteiger partial charge is 0.238 e. The van der Waals surface area contributed by atoms with Gasteiger partial charge in [-0.05, 0) is 48.7 Å². The highest BCUT2D eigenvalue weighted by Crippen LogP contribution is 2.19. The Morgan fingerprint density at radius 2 is 1.88 bits per heavy atom. The predicted molar refractivity (Wildman–Crippen MR) is 95.6 cm³/mol. The average molecular weight is 380 g/mol. The molecule has 2 rings (SSSR count). The number of carbonyl (C=O) groups is 1. The first kappa shape index (κ1) is 19.9. The van der Waals surface area contributed by atoms with E-state index in [0.29, 0.717) is 12.0 Å². The van der Waals surface area contributed by atoms with Crippen molar-refractivity contribution < 1.29 is 22.3 Å². The summed E-state index contributed by atoms with van der Waals surface area (Å²) in [5.74, 6) is -0.493. The molecule has 0 saturated carbocycles. The summed E-state index contributed by atoms with van der Waals surface area (Å²) in [7, 11) is -2.35. The van der Waals surface area contributed by atoms with Crippen LogP contribution < -0.4 is 15.2 Å². The zero-order valence-electron chi connectivity index (χ0n) is 14.5. The van der Waals surface area contributed by atoms with Crippen LogP contribution in [-0.2, 0) is 21.2 Å². The van der Waals surface area contributed by atoms with E-state index in [-0.39, 0.29) is 29.0 Å². The Morgan fingerprint density at radius 3 is 2.42 bits per heavy atom. The Labute approximate surface area is 152 Å². The van der Waals surface area contributed by atoms with Gasteiger partial charge in [0, 0.05) is 6.42 Å². The summed E-state index contributed by atoms with van der Waals surface area (Å²) < 4.78 is 41.0. The summed E-state index contributed by atoms with van der Waals surface area (Å²) in [6, 6.07) is 10.3. The Hall–Kier alpha value is -2.45. The molecule has 1 amide bonds. The van der Waals surface area contributed by atoms with Crippen LogP contribution >= 0.6 is 0 Å². The van der Waals surface area contributed by atoms with Gasteiger partial charge in [0.25, 0.3) is 0 Å². The van der Waals surface area contributed by atoms with Crippen LogP contribution in [0.3, 0.4) is 0 Å². The van der Waals surface area contributed by atoms with E-state index >= 15 is 0 Å². The summed E-state index contributed by atoms with van der Waals surface area (Å²) in [4.78, 5) is 12.1. The lowest BCUT2D eigenvalue weighted by atomic mass is 10.1. The van der Waals surface area contributed by atoms with Crippen molar-refractivity contribution in [2.24, 2.45) is 5.14 Å². The van der Waals surface area contributed by atoms with Crippen LogP contribution in [0.25, 0.3) is 0 Å². The van der Waals surface area contributed by atoms with Crippen molar-refractivity contribution in [1.29, 1.82) is 0 Å². The van der Waals surface area contributed by atoms with Crippen LogP contribution in [0.5, 0.6) is 5.75 Å². The summed E-state index contributed by atoms with van der Waals surface area (Å²) in [5, 5.41) is 7.88. The molecular formula is C18H21FN2O4S. The van der Waals surface area contributed by atoms with Crippen LogP contribution in [0.1, 0.15) is 30.5 Å². The topological polar surface area (TPSA) is 98.5 Å². The summed E-state index contributed by atoms with van der Waals surface area (Å²) >= 11 is 0. The Kier molecular flexibility index (Phi) is 6.33. The minimum atomic E-state index is -3.74. The minimum absolute atomic E-state index is 0.0151. The maximum Gasteiger partial charge on any atom is 0.238 e. The number of carbonyl (C=O) groups excluding carboxylic acids is 1. The fourth-order valence-electron chi connectivity index (χ4n) is 2.47. The first-order chi connectivity index (χ1) is 12.2. The Morgan fingerprint density at radius 1 is 1.23 bits per heavy atom. The van der Waals surface area contributed by atoms with Gasteiger partial charge in [-0.25, -0.2) is 17.9 Å². The molecule has 0 saturated heterocycles. The number of benzene rings is 2. The van der Waals surface area contributed by atoms with Gasteiger partial charge in [-0.15, -0.1) is 0 Å². The SMILES string of the molecule is COc1ccc(CCC(=O)NC(C)c2ccc(S(N)(=O)=O)cc2)cc1F. The van der Waals surface area contributed by atoms with Crippen molar-refractivity contribution in [3.63, 3.8) is 0 Å². The van der Waals surface area contributed by atoms with E-state index in [1.165, 1.54) is 31.4 Å². The van der Waals surface area contributed by atoms with Crippen molar-refractivity contribution in [3.8, 4) is 5.75 Å². The maximum atomic E-state index is 13.6. The Bertz CT molecular complexity index is 883. The predicted octanol–water partition coefficient (Wildman–Crippen LogP) is 2.29. The van der Waals surface area contributed by atoms with Crippen LogP contribution in [0.15, 0.2) is 47.4 Å². The van der Waals surface area contributed by atoms with E-state index < -0.39 is 15.8 Å². The largest absolute Gasteiger partial charge is 0.494 e. The van der Waals surface area contributed by atoms with Crippen molar-refractivity contribution in [3.05, 3.63) is 59.4 Å². The van der Waals surface area contributed by atoms with Crippen molar-refractivity contribution in [2.75, 3.05) is 7.11 Å². The third-order valence-corrected chi connectivity index (χ3v) is 4.87. The molecule has 2 aromatic rings. The van der Waals surface area contributed by atoms with Crippen LogP contribution in [0.4, 0.5) is 4.39 Å². The van der Waals surface area contributed by atoms with E-state index in [2.05, 4.69) is 5.32 Å². The molecule has 1 unspecified atom stereocenters. The molecule has 26 heavy (non-hydrogen) atoms. The van der Waals surface area contributed by atoms with E-state index in [1.54, 1.807) is 25.1 Å². The number of halogens is 1. The van der Waals surface area contributed by atoms with Crippen molar-refractivity contribution >= 4 is 15.9 Å². The minimum Gasteiger partial charge on any atom is -0.494 e. The lowest BCUT2D eigenvalue weighted by Gasteiger charge is -2.15. The summed E-state index contributed by atoms with van der Waals surface area (Å²) in [6.45, 7) is 1.79. The van der Waals surface area contributed by atoms with Gasteiger partial charge in [0.05, 0.1) is 18.0 Å². The van der Waals surface area contributed by atoms with E-state index in [4.69, 9.17) is 9.88 Å². The zero-order chi connectivity index (χ0) is 19.3. The number of sulfonamides is 1. The normalized spacial score (nSPS) is 12.5. The molecule has 0 spiro atoms. The van der Waals surface area contributed by atoms with Gasteiger partial charge < -0.3 is 10.1 Å². The highest BCUT2D eigenvalue weighted by Gasteiger charge is 2.12. The molecule has 1 atom stereocenters. The lowest BCUT2D eigenvalue weighted by molar-refractivity contribution is -0.121. The standard InChI is InChI=1S/C18H21FN2O4S/c1-12(14-5-7-15(8-6-14)26(20,23)24)21-18(22)10-4-13-3-9-17(25-2)16(19)11-13/h3,5-9,11-12H,4,10H2,1-2H3,(H,21,22)(H2,20,23,24). The highest BCUT2D eigenvalue weighted by atomic mass is 32.2. The molecule has 0 bridgehead atoms. The summed E-state index contributed by atoms with van der Waals surface area (Å²) in [6.07, 6.45) is 0.592. The zero-order valence-corrected chi connectivity index (χ0v) is 15.3. The molecule has 6 nitrogen and oxygen atoms in total. The molecule has 3 N–H and O–H groups in total. The van der Waals surface area contributed by atoms with Gasteiger partial charge in [0.15, 0.2) is 11.6 Å². The number of nitrogens with one attached hydrogen (secondary N) is 1. The highest BCUT2D eigenvalue weighted by molar-refractivity contribution is 7.89. The molecule has 8 heteroatoms. The summed E-state index contributed by atoms with van der Waals surface area (Å²) in [5.41, 5.74) is 1.45. The molecule has 0 heterocycles. The molecule has 0 aliphatic rings. The van der Waals surface area contributed by atoms with Crippen LogP contribution in [-0.4, -0.2) is 21.4 Å². The van der Waals surface area contributed by atoms with Crippen molar-refractivity contribution in [1.82, 2.24) is 5.32 Å². The number of hydrogen-bond acceptors (Lipinski definition) is 4. The first-order valence-electron chi connectivity index (χ1n) is 7.95. The van der Waals surface area contributed by atoms with Gasteiger partial charge >= 0.3 is 0 Å². The number of ether oxygens (including phenoxy) is 1. The number of nitrogens with two attached hydrogens (primary N) is 1. The maximum absolute atomic E-state index is 13.6. The Balaban J connectivity index is 1.91. The average Bonchev–Trinajstić information content (AvgIpc) is 2.59. The molecule has 0 aliphatic carbocycles. The second kappa shape index (κ2) is 8.29. The van der Waals surface area contributed by atoms with E-state index in [9.17, 15) is 17.6 Å². The molecule has 0 radical (unpaired) electrons. The molecule has 0 aliphatic heterocycles. The molecule has 2 aromatic carbocycles. The fraction of sp³-hybridized carbons (Fsp3) is 0.278. The monoisotopic (exact) mass is 380 g/mol. The van der Waals surface area contributed by atoms with Gasteiger partial charge in [0.2, 0.25) is 15.9 Å². The van der Waals surface area contributed by atoms with E-state index in [0.717, 1.165) is 5.56 Å². The van der Waals surface area contributed by atoms with E-state index in [1.807, 2.05) is 0 Å². The fourth-order valence-corrected chi connectivity index (χ4v) is 2.98. The number of hydrogen-bond donors (Lipinski definition) is 2. The van der Waals surface area contributed by atoms with Crippen LogP contribution in [0.2, 0.25) is 0 Å². The first-order valence-corrected chi connectivity index (χ1v) is 9.50. The van der Waals surface area contributed by atoms with Crippen molar-refractivity contribution in [2.45, 2.75) is 30.7 Å². The third kappa shape index (κ3) is 5.27. The molecule has 0 aromatic heterocycles. The van der Waals surface area contributed by atoms with Crippen LogP contribution in [0, 0.1) is 5.82 Å². The molecule has 140 valence electrons. The van der Waals surface area contributed by atoms with Gasteiger partial charge in [-0.3, -0.25) is 4.79 Å². The molecule has 0 fully saturated rings. The van der Waals surface area contributed by atoms with Gasteiger partial charge in [-0.1, -0.05) is 18.2 Å². The number of amides is 1. The second-order valence-corrected chi connectivity index (χ2v) is 7.43. The number of methoxy groups -OCH3 is 1. The number of aryl methyl sites for hydroxylation is 1. The third-order valence-electron chi connectivity index (χ3n) is 3.94. The van der Waals surface area contributed by atoms with Gasteiger partial charge in [-0.2, -0.15) is 0 Å². The lowest BCUT2D eigenvalue weighted by Crippen LogP contribution is -2.26. The quantitative estimate of drug-likeness (QED) is 0.770. The second-order valence-electron chi connectivity index (χ2n) is 5.87. The number of primary sulfonamides is 1. The number of rotatable bonds is 7.